The normalized spacial score (nSPS) is 11.5. The standard InChI is InChI=1S/C19H20Cl2N6O/c1-19(2,10-24-17(28)13-3-5-14(20)6-4-13)11-25-18(26-12-22)27-16-7-15(21)8-23-9-16/h3-9H,10-11H2,1-2H3,(H,24,28)(H2,25,26,27). The second-order valence-corrected chi connectivity index (χ2v) is 7.66. The molecule has 0 saturated heterocycles. The molecule has 9 heteroatoms. The fourth-order valence-corrected chi connectivity index (χ4v) is 2.49. The number of nitrogens with zero attached hydrogens (tertiary/aromatic N) is 3. The zero-order chi connectivity index (χ0) is 20.6. The predicted molar refractivity (Wildman–Crippen MR) is 111 cm³/mol. The van der Waals surface area contributed by atoms with Gasteiger partial charge in [-0.05, 0) is 35.7 Å². The molecule has 0 atom stereocenters. The molecule has 0 aliphatic rings. The first kappa shape index (κ1) is 21.5. The molecule has 0 saturated carbocycles. The third kappa shape index (κ3) is 7.06. The minimum atomic E-state index is -0.313. The summed E-state index contributed by atoms with van der Waals surface area (Å²) in [6.45, 7) is 4.83. The van der Waals surface area contributed by atoms with Crippen molar-refractivity contribution >= 4 is 40.8 Å². The molecule has 7 nitrogen and oxygen atoms in total. The van der Waals surface area contributed by atoms with Crippen LogP contribution in [0.25, 0.3) is 0 Å². The van der Waals surface area contributed by atoms with Crippen LogP contribution >= 0.6 is 23.2 Å². The third-order valence-corrected chi connectivity index (χ3v) is 4.16. The second kappa shape index (κ2) is 9.93. The van der Waals surface area contributed by atoms with Gasteiger partial charge in [0.25, 0.3) is 5.91 Å². The van der Waals surface area contributed by atoms with Crippen LogP contribution in [0.2, 0.25) is 10.0 Å². The van der Waals surface area contributed by atoms with Crippen molar-refractivity contribution in [2.24, 2.45) is 10.4 Å². The Morgan fingerprint density at radius 2 is 1.82 bits per heavy atom. The van der Waals surface area contributed by atoms with Gasteiger partial charge in [0, 0.05) is 29.9 Å². The smallest absolute Gasteiger partial charge is 0.251 e. The van der Waals surface area contributed by atoms with Crippen LogP contribution in [0.1, 0.15) is 24.2 Å². The molecule has 0 fully saturated rings. The Labute approximate surface area is 173 Å². The van der Waals surface area contributed by atoms with Gasteiger partial charge >= 0.3 is 0 Å². The van der Waals surface area contributed by atoms with Crippen LogP contribution in [0.5, 0.6) is 0 Å². The molecular formula is C19H20Cl2N6O. The Bertz CT molecular complexity index is 890. The van der Waals surface area contributed by atoms with E-state index in [-0.39, 0.29) is 17.3 Å². The van der Waals surface area contributed by atoms with E-state index in [9.17, 15) is 4.79 Å². The number of anilines is 1. The van der Waals surface area contributed by atoms with Gasteiger partial charge in [0.05, 0.1) is 16.9 Å². The number of carbonyl (C=O) groups is 1. The Balaban J connectivity index is 1.90. The van der Waals surface area contributed by atoms with Crippen molar-refractivity contribution in [3.8, 4) is 6.19 Å². The van der Waals surface area contributed by atoms with Crippen LogP contribution in [-0.4, -0.2) is 29.9 Å². The summed E-state index contributed by atoms with van der Waals surface area (Å²) < 4.78 is 0. The highest BCUT2D eigenvalue weighted by molar-refractivity contribution is 6.31. The number of guanidine groups is 1. The number of pyridine rings is 1. The number of amides is 1. The van der Waals surface area contributed by atoms with Gasteiger partial charge in [-0.25, -0.2) is 0 Å². The van der Waals surface area contributed by atoms with Crippen LogP contribution in [0.3, 0.4) is 0 Å². The topological polar surface area (TPSA) is 102 Å². The van der Waals surface area contributed by atoms with Crippen molar-refractivity contribution in [2.45, 2.75) is 13.8 Å². The van der Waals surface area contributed by atoms with Crippen LogP contribution in [-0.2, 0) is 0 Å². The first-order valence-electron chi connectivity index (χ1n) is 8.41. The first-order valence-corrected chi connectivity index (χ1v) is 9.17. The van der Waals surface area contributed by atoms with E-state index in [0.717, 1.165) is 0 Å². The predicted octanol–water partition coefficient (Wildman–Crippen LogP) is 3.68. The number of nitrogens with one attached hydrogen (secondary N) is 3. The second-order valence-electron chi connectivity index (χ2n) is 6.78. The highest BCUT2D eigenvalue weighted by atomic mass is 35.5. The number of carbonyl (C=O) groups excluding carboxylic acids is 1. The largest absolute Gasteiger partial charge is 0.355 e. The van der Waals surface area contributed by atoms with Crippen LogP contribution in [0.15, 0.2) is 47.7 Å². The maximum atomic E-state index is 12.2. The van der Waals surface area contributed by atoms with E-state index in [1.807, 2.05) is 13.8 Å². The van der Waals surface area contributed by atoms with Gasteiger partial charge in [-0.15, -0.1) is 4.99 Å². The summed E-state index contributed by atoms with van der Waals surface area (Å²) in [5.41, 5.74) is 0.824. The Morgan fingerprint density at radius 3 is 2.46 bits per heavy atom. The van der Waals surface area contributed by atoms with E-state index >= 15 is 0 Å². The molecule has 1 aromatic heterocycles. The minimum absolute atomic E-state index is 0.182. The molecule has 28 heavy (non-hydrogen) atoms. The number of benzene rings is 1. The molecule has 0 aliphatic carbocycles. The number of nitriles is 1. The fraction of sp³-hybridized carbons (Fsp3) is 0.263. The van der Waals surface area contributed by atoms with Crippen molar-refractivity contribution in [3.05, 3.63) is 58.3 Å². The lowest BCUT2D eigenvalue weighted by molar-refractivity contribution is 0.0937. The third-order valence-electron chi connectivity index (χ3n) is 3.70. The molecule has 0 aliphatic heterocycles. The van der Waals surface area contributed by atoms with Gasteiger partial charge in [-0.1, -0.05) is 37.0 Å². The van der Waals surface area contributed by atoms with Crippen molar-refractivity contribution < 1.29 is 4.79 Å². The van der Waals surface area contributed by atoms with Gasteiger partial charge < -0.3 is 16.0 Å². The summed E-state index contributed by atoms with van der Waals surface area (Å²) >= 11 is 11.7. The van der Waals surface area contributed by atoms with E-state index in [1.165, 1.54) is 6.20 Å². The van der Waals surface area contributed by atoms with Crippen LogP contribution < -0.4 is 16.0 Å². The number of halogens is 2. The summed E-state index contributed by atoms with van der Waals surface area (Å²) in [4.78, 5) is 19.9. The van der Waals surface area contributed by atoms with Gasteiger partial charge in [0.15, 0.2) is 0 Å². The Hall–Kier alpha value is -2.82. The lowest BCUT2D eigenvalue weighted by atomic mass is 9.93. The molecule has 1 aromatic carbocycles. The summed E-state index contributed by atoms with van der Waals surface area (Å²) in [6, 6.07) is 8.35. The quantitative estimate of drug-likeness (QED) is 0.377. The van der Waals surface area contributed by atoms with Crippen molar-refractivity contribution in [2.75, 3.05) is 18.4 Å². The Kier molecular flexibility index (Phi) is 7.61. The molecule has 1 amide bonds. The highest BCUT2D eigenvalue weighted by Gasteiger charge is 2.20. The van der Waals surface area contributed by atoms with E-state index in [4.69, 9.17) is 28.5 Å². The van der Waals surface area contributed by atoms with Crippen molar-refractivity contribution in [1.82, 2.24) is 15.6 Å². The van der Waals surface area contributed by atoms with Gasteiger partial charge in [0.1, 0.15) is 0 Å². The van der Waals surface area contributed by atoms with Crippen LogP contribution in [0, 0.1) is 16.9 Å². The lowest BCUT2D eigenvalue weighted by Gasteiger charge is -2.26. The summed E-state index contributed by atoms with van der Waals surface area (Å²) in [6.07, 6.45) is 4.82. The summed E-state index contributed by atoms with van der Waals surface area (Å²) in [5.74, 6) is 0.0856. The molecule has 0 unspecified atom stereocenters. The number of rotatable bonds is 6. The first-order chi connectivity index (χ1) is 13.3. The van der Waals surface area contributed by atoms with Crippen molar-refractivity contribution in [1.29, 1.82) is 5.26 Å². The van der Waals surface area contributed by atoms with E-state index in [1.54, 1.807) is 42.7 Å². The SMILES string of the molecule is CC(C)(CNC(=O)c1ccc(Cl)cc1)CNC(=NC#N)Nc1cncc(Cl)c1. The molecule has 0 spiro atoms. The minimum Gasteiger partial charge on any atom is -0.355 e. The van der Waals surface area contributed by atoms with Crippen molar-refractivity contribution in [3.63, 3.8) is 0 Å². The van der Waals surface area contributed by atoms with E-state index in [0.29, 0.717) is 34.4 Å². The summed E-state index contributed by atoms with van der Waals surface area (Å²) in [5, 5.41) is 18.9. The highest BCUT2D eigenvalue weighted by Crippen LogP contribution is 2.15. The fourth-order valence-electron chi connectivity index (χ4n) is 2.19. The van der Waals surface area contributed by atoms with Gasteiger partial charge in [0.2, 0.25) is 12.2 Å². The molecule has 2 rings (SSSR count). The zero-order valence-corrected chi connectivity index (χ0v) is 17.0. The molecule has 3 N–H and O–H groups in total. The molecular weight excluding hydrogens is 399 g/mol. The number of hydrogen-bond donors (Lipinski definition) is 3. The van der Waals surface area contributed by atoms with Crippen LogP contribution in [0.4, 0.5) is 5.69 Å². The van der Waals surface area contributed by atoms with Gasteiger partial charge in [-0.2, -0.15) is 5.26 Å². The van der Waals surface area contributed by atoms with E-state index < -0.39 is 0 Å². The van der Waals surface area contributed by atoms with Gasteiger partial charge in [-0.3, -0.25) is 9.78 Å². The molecule has 146 valence electrons. The molecule has 0 radical (unpaired) electrons. The van der Waals surface area contributed by atoms with E-state index in [2.05, 4.69) is 25.9 Å². The molecule has 0 bridgehead atoms. The number of aliphatic imine (C=N–C) groups is 1. The molecule has 2 aromatic rings. The molecule has 1 heterocycles. The Morgan fingerprint density at radius 1 is 1.14 bits per heavy atom. The maximum absolute atomic E-state index is 12.2. The zero-order valence-electron chi connectivity index (χ0n) is 15.5. The average molecular weight is 419 g/mol. The average Bonchev–Trinajstić information content (AvgIpc) is 2.65. The summed E-state index contributed by atoms with van der Waals surface area (Å²) in [7, 11) is 0. The number of aromatic nitrogens is 1. The maximum Gasteiger partial charge on any atom is 0.251 e. The number of hydrogen-bond acceptors (Lipinski definition) is 4. The lowest BCUT2D eigenvalue weighted by Crippen LogP contribution is -2.43. The monoisotopic (exact) mass is 418 g/mol.